The average molecular weight is 255 g/mol. The van der Waals surface area contributed by atoms with Gasteiger partial charge >= 0.3 is 5.97 Å². The SMILES string of the molecule is CCOC(=O)COc1ccc(F)cc1CC(C)N. The number of carbonyl (C=O) groups is 1. The van der Waals surface area contributed by atoms with Crippen molar-refractivity contribution >= 4 is 5.97 Å². The lowest BCUT2D eigenvalue weighted by Gasteiger charge is -2.12. The second kappa shape index (κ2) is 6.96. The van der Waals surface area contributed by atoms with Crippen molar-refractivity contribution in [3.05, 3.63) is 29.6 Å². The number of rotatable bonds is 6. The molecule has 0 heterocycles. The smallest absolute Gasteiger partial charge is 0.344 e. The van der Waals surface area contributed by atoms with Gasteiger partial charge in [-0.1, -0.05) is 0 Å². The van der Waals surface area contributed by atoms with E-state index in [4.69, 9.17) is 15.2 Å². The summed E-state index contributed by atoms with van der Waals surface area (Å²) in [6, 6.07) is 4.03. The Hall–Kier alpha value is -1.62. The zero-order valence-corrected chi connectivity index (χ0v) is 10.6. The summed E-state index contributed by atoms with van der Waals surface area (Å²) in [5.41, 5.74) is 6.32. The Bertz CT molecular complexity index is 407. The fourth-order valence-corrected chi connectivity index (χ4v) is 1.53. The molecule has 1 atom stereocenters. The number of hydrogen-bond donors (Lipinski definition) is 1. The first-order valence-corrected chi connectivity index (χ1v) is 5.85. The third kappa shape index (κ3) is 4.71. The van der Waals surface area contributed by atoms with E-state index in [1.807, 2.05) is 6.92 Å². The Balaban J connectivity index is 2.71. The van der Waals surface area contributed by atoms with Crippen LogP contribution in [-0.2, 0) is 16.0 Å². The van der Waals surface area contributed by atoms with Gasteiger partial charge in [0.25, 0.3) is 0 Å². The Morgan fingerprint density at radius 1 is 1.50 bits per heavy atom. The van der Waals surface area contributed by atoms with Crippen LogP contribution >= 0.6 is 0 Å². The quantitative estimate of drug-likeness (QED) is 0.785. The van der Waals surface area contributed by atoms with Gasteiger partial charge in [-0.15, -0.1) is 0 Å². The van der Waals surface area contributed by atoms with Gasteiger partial charge in [-0.05, 0) is 44.0 Å². The molecule has 4 nitrogen and oxygen atoms in total. The predicted molar refractivity (Wildman–Crippen MR) is 65.9 cm³/mol. The summed E-state index contributed by atoms with van der Waals surface area (Å²) in [4.78, 5) is 11.2. The highest BCUT2D eigenvalue weighted by Gasteiger charge is 2.10. The number of benzene rings is 1. The Kier molecular flexibility index (Phi) is 5.58. The molecule has 0 fully saturated rings. The van der Waals surface area contributed by atoms with E-state index < -0.39 is 5.97 Å². The number of esters is 1. The van der Waals surface area contributed by atoms with Gasteiger partial charge in [-0.3, -0.25) is 0 Å². The topological polar surface area (TPSA) is 61.5 Å². The molecule has 100 valence electrons. The van der Waals surface area contributed by atoms with E-state index in [9.17, 15) is 9.18 Å². The molecule has 0 aliphatic rings. The minimum atomic E-state index is -0.450. The largest absolute Gasteiger partial charge is 0.482 e. The second-order valence-corrected chi connectivity index (χ2v) is 4.03. The van der Waals surface area contributed by atoms with Crippen LogP contribution in [0.25, 0.3) is 0 Å². The average Bonchev–Trinajstić information content (AvgIpc) is 2.27. The Labute approximate surface area is 106 Å². The lowest BCUT2D eigenvalue weighted by molar-refractivity contribution is -0.145. The van der Waals surface area contributed by atoms with Gasteiger partial charge in [0, 0.05) is 6.04 Å². The van der Waals surface area contributed by atoms with Crippen LogP contribution in [0.2, 0.25) is 0 Å². The van der Waals surface area contributed by atoms with Crippen molar-refractivity contribution in [3.8, 4) is 5.75 Å². The predicted octanol–water partition coefficient (Wildman–Crippen LogP) is 1.66. The first-order chi connectivity index (χ1) is 8.52. The van der Waals surface area contributed by atoms with Gasteiger partial charge < -0.3 is 15.2 Å². The van der Waals surface area contributed by atoms with Crippen LogP contribution in [0.5, 0.6) is 5.75 Å². The minimum absolute atomic E-state index is 0.114. The summed E-state index contributed by atoms with van der Waals surface area (Å²) in [5, 5.41) is 0. The molecule has 0 aliphatic heterocycles. The molecule has 1 aromatic carbocycles. The number of carbonyl (C=O) groups excluding carboxylic acids is 1. The summed E-state index contributed by atoms with van der Waals surface area (Å²) < 4.78 is 23.2. The van der Waals surface area contributed by atoms with Crippen molar-refractivity contribution < 1.29 is 18.7 Å². The lowest BCUT2D eigenvalue weighted by atomic mass is 10.1. The standard InChI is InChI=1S/C13H18FNO3/c1-3-17-13(16)8-18-12-5-4-11(14)7-10(12)6-9(2)15/h4-5,7,9H,3,6,8,15H2,1-2H3. The summed E-state index contributed by atoms with van der Waals surface area (Å²) in [6.45, 7) is 3.65. The van der Waals surface area contributed by atoms with Gasteiger partial charge in [0.05, 0.1) is 6.61 Å². The normalized spacial score (nSPS) is 12.0. The van der Waals surface area contributed by atoms with E-state index in [1.54, 1.807) is 6.92 Å². The van der Waals surface area contributed by atoms with Gasteiger partial charge in [0.15, 0.2) is 6.61 Å². The summed E-state index contributed by atoms with van der Waals surface area (Å²) in [6.07, 6.45) is 0.482. The van der Waals surface area contributed by atoms with Crippen LogP contribution in [0, 0.1) is 5.82 Å². The molecule has 2 N–H and O–H groups in total. The number of nitrogens with two attached hydrogens (primary N) is 1. The highest BCUT2D eigenvalue weighted by molar-refractivity contribution is 5.71. The maximum atomic E-state index is 13.1. The van der Waals surface area contributed by atoms with Crippen LogP contribution in [-0.4, -0.2) is 25.2 Å². The molecule has 0 radical (unpaired) electrons. The van der Waals surface area contributed by atoms with Crippen LogP contribution in [0.3, 0.4) is 0 Å². The van der Waals surface area contributed by atoms with E-state index in [0.29, 0.717) is 24.3 Å². The van der Waals surface area contributed by atoms with Gasteiger partial charge in [-0.25, -0.2) is 9.18 Å². The van der Waals surface area contributed by atoms with Crippen molar-refractivity contribution in [1.29, 1.82) is 0 Å². The molecule has 0 aliphatic carbocycles. The number of halogens is 1. The third-order valence-electron chi connectivity index (χ3n) is 2.22. The van der Waals surface area contributed by atoms with Gasteiger partial charge in [0.1, 0.15) is 11.6 Å². The van der Waals surface area contributed by atoms with Crippen LogP contribution in [0.15, 0.2) is 18.2 Å². The zero-order chi connectivity index (χ0) is 13.5. The minimum Gasteiger partial charge on any atom is -0.482 e. The molecule has 1 unspecified atom stereocenters. The van der Waals surface area contributed by atoms with Crippen molar-refractivity contribution in [1.82, 2.24) is 0 Å². The highest BCUT2D eigenvalue weighted by atomic mass is 19.1. The number of ether oxygens (including phenoxy) is 2. The summed E-state index contributed by atoms with van der Waals surface area (Å²) in [5.74, 6) is -0.343. The van der Waals surface area contributed by atoms with Crippen LogP contribution in [0.1, 0.15) is 19.4 Å². The number of hydrogen-bond acceptors (Lipinski definition) is 4. The first-order valence-electron chi connectivity index (χ1n) is 5.85. The molecule has 5 heteroatoms. The van der Waals surface area contributed by atoms with E-state index >= 15 is 0 Å². The van der Waals surface area contributed by atoms with Gasteiger partial charge in [0.2, 0.25) is 0 Å². The van der Waals surface area contributed by atoms with Crippen molar-refractivity contribution in [2.45, 2.75) is 26.3 Å². The molecule has 1 rings (SSSR count). The maximum absolute atomic E-state index is 13.1. The molecular weight excluding hydrogens is 237 g/mol. The van der Waals surface area contributed by atoms with E-state index in [1.165, 1.54) is 18.2 Å². The molecule has 1 aromatic rings. The van der Waals surface area contributed by atoms with Crippen LogP contribution in [0.4, 0.5) is 4.39 Å². The monoisotopic (exact) mass is 255 g/mol. The molecule has 0 aromatic heterocycles. The summed E-state index contributed by atoms with van der Waals surface area (Å²) in [7, 11) is 0. The molecule has 0 amide bonds. The van der Waals surface area contributed by atoms with Gasteiger partial charge in [-0.2, -0.15) is 0 Å². The molecule has 0 spiro atoms. The lowest BCUT2D eigenvalue weighted by Crippen LogP contribution is -2.20. The highest BCUT2D eigenvalue weighted by Crippen LogP contribution is 2.21. The zero-order valence-electron chi connectivity index (χ0n) is 10.6. The van der Waals surface area contributed by atoms with Crippen LogP contribution < -0.4 is 10.5 Å². The summed E-state index contributed by atoms with van der Waals surface area (Å²) >= 11 is 0. The Morgan fingerprint density at radius 3 is 2.83 bits per heavy atom. The fraction of sp³-hybridized carbons (Fsp3) is 0.462. The first kappa shape index (κ1) is 14.4. The molecule has 18 heavy (non-hydrogen) atoms. The molecular formula is C13H18FNO3. The second-order valence-electron chi connectivity index (χ2n) is 4.03. The Morgan fingerprint density at radius 2 is 2.22 bits per heavy atom. The van der Waals surface area contributed by atoms with Crippen molar-refractivity contribution in [2.24, 2.45) is 5.73 Å². The van der Waals surface area contributed by atoms with E-state index in [0.717, 1.165) is 0 Å². The fourth-order valence-electron chi connectivity index (χ4n) is 1.53. The van der Waals surface area contributed by atoms with Crippen molar-refractivity contribution in [2.75, 3.05) is 13.2 Å². The maximum Gasteiger partial charge on any atom is 0.344 e. The molecule has 0 saturated carbocycles. The van der Waals surface area contributed by atoms with E-state index in [2.05, 4.69) is 0 Å². The van der Waals surface area contributed by atoms with Crippen molar-refractivity contribution in [3.63, 3.8) is 0 Å². The third-order valence-corrected chi connectivity index (χ3v) is 2.22. The molecule has 0 bridgehead atoms. The molecule has 0 saturated heterocycles. The van der Waals surface area contributed by atoms with E-state index in [-0.39, 0.29) is 18.5 Å².